The highest BCUT2D eigenvalue weighted by Gasteiger charge is 2.17. The van der Waals surface area contributed by atoms with Crippen molar-refractivity contribution in [1.82, 2.24) is 0 Å². The van der Waals surface area contributed by atoms with Gasteiger partial charge in [-0.3, -0.25) is 4.79 Å². The highest BCUT2D eigenvalue weighted by molar-refractivity contribution is 6.30. The number of rotatable bonds is 5. The van der Waals surface area contributed by atoms with Gasteiger partial charge >= 0.3 is 0 Å². The largest absolute Gasteiger partial charge is 0.505 e. The summed E-state index contributed by atoms with van der Waals surface area (Å²) in [6.07, 6.45) is 0. The van der Waals surface area contributed by atoms with Crippen molar-refractivity contribution in [2.24, 2.45) is 10.2 Å². The number of nitrogens with one attached hydrogen (secondary N) is 1. The molecule has 0 aliphatic heterocycles. The number of hydrogen-bond donors (Lipinski definition) is 2. The maximum Gasteiger partial charge on any atom is 0.280 e. The zero-order valence-corrected chi connectivity index (χ0v) is 15.9. The van der Waals surface area contributed by atoms with Crippen molar-refractivity contribution in [3.05, 3.63) is 101 Å². The van der Waals surface area contributed by atoms with Gasteiger partial charge in [0.2, 0.25) is 0 Å². The molecule has 0 heterocycles. The first-order chi connectivity index (χ1) is 13.5. The molecule has 1 amide bonds. The molecular formula is C22H18ClN3O2. The van der Waals surface area contributed by atoms with Gasteiger partial charge in [-0.15, -0.1) is 5.11 Å². The minimum absolute atomic E-state index is 0.192. The van der Waals surface area contributed by atoms with Crippen LogP contribution in [-0.4, -0.2) is 11.0 Å². The molecule has 0 spiro atoms. The summed E-state index contributed by atoms with van der Waals surface area (Å²) in [6, 6.07) is 22.7. The Morgan fingerprint density at radius 1 is 0.964 bits per heavy atom. The highest BCUT2D eigenvalue weighted by atomic mass is 35.5. The van der Waals surface area contributed by atoms with E-state index in [-0.39, 0.29) is 11.5 Å². The van der Waals surface area contributed by atoms with Gasteiger partial charge in [0.05, 0.1) is 5.69 Å². The van der Waals surface area contributed by atoms with E-state index in [1.807, 2.05) is 31.2 Å². The summed E-state index contributed by atoms with van der Waals surface area (Å²) >= 11 is 5.87. The van der Waals surface area contributed by atoms with Crippen LogP contribution in [0.1, 0.15) is 11.1 Å². The molecule has 0 saturated carbocycles. The molecular weight excluding hydrogens is 374 g/mol. The fourth-order valence-electron chi connectivity index (χ4n) is 2.46. The van der Waals surface area contributed by atoms with Crippen LogP contribution in [0.25, 0.3) is 5.76 Å². The Balaban J connectivity index is 1.96. The van der Waals surface area contributed by atoms with Gasteiger partial charge in [-0.25, -0.2) is 0 Å². The highest BCUT2D eigenvalue weighted by Crippen LogP contribution is 2.22. The zero-order valence-electron chi connectivity index (χ0n) is 15.1. The van der Waals surface area contributed by atoms with Gasteiger partial charge in [-0.2, -0.15) is 5.11 Å². The average Bonchev–Trinajstić information content (AvgIpc) is 2.70. The monoisotopic (exact) mass is 391 g/mol. The number of azo groups is 1. The van der Waals surface area contributed by atoms with Crippen LogP contribution in [0, 0.1) is 6.92 Å². The number of halogens is 1. The van der Waals surface area contributed by atoms with Crippen LogP contribution >= 0.6 is 11.6 Å². The Bertz CT molecular complexity index is 1030. The van der Waals surface area contributed by atoms with E-state index < -0.39 is 5.91 Å². The third kappa shape index (κ3) is 5.05. The molecule has 0 fully saturated rings. The van der Waals surface area contributed by atoms with Crippen molar-refractivity contribution in [2.45, 2.75) is 6.92 Å². The molecule has 6 heteroatoms. The number of amides is 1. The van der Waals surface area contributed by atoms with Crippen LogP contribution in [0.5, 0.6) is 0 Å². The van der Waals surface area contributed by atoms with Crippen molar-refractivity contribution >= 4 is 34.6 Å². The maximum absolute atomic E-state index is 12.8. The molecule has 2 N–H and O–H groups in total. The molecule has 3 aromatic rings. The van der Waals surface area contributed by atoms with E-state index in [1.54, 1.807) is 54.6 Å². The summed E-state index contributed by atoms with van der Waals surface area (Å²) in [7, 11) is 0. The number of carbonyl (C=O) groups is 1. The van der Waals surface area contributed by atoms with Gasteiger partial charge in [0.25, 0.3) is 5.91 Å². The first kappa shape index (κ1) is 19.3. The third-order valence-electron chi connectivity index (χ3n) is 3.85. The predicted molar refractivity (Wildman–Crippen MR) is 112 cm³/mol. The molecule has 0 aromatic heterocycles. The van der Waals surface area contributed by atoms with Crippen molar-refractivity contribution in [3.8, 4) is 0 Å². The number of aliphatic hydroxyl groups excluding tert-OH is 1. The van der Waals surface area contributed by atoms with Gasteiger partial charge in [-0.05, 0) is 48.9 Å². The van der Waals surface area contributed by atoms with Gasteiger partial charge < -0.3 is 10.4 Å². The molecule has 0 saturated heterocycles. The average molecular weight is 392 g/mol. The number of hydrogen-bond acceptors (Lipinski definition) is 4. The number of anilines is 1. The fourth-order valence-corrected chi connectivity index (χ4v) is 2.59. The molecule has 0 atom stereocenters. The SMILES string of the molecule is Cc1cccc(NC(=O)C(N=Nc2ccc(Cl)cc2)=C(O)c2ccccc2)c1. The summed E-state index contributed by atoms with van der Waals surface area (Å²) in [5, 5.41) is 22.0. The van der Waals surface area contributed by atoms with Crippen molar-refractivity contribution < 1.29 is 9.90 Å². The lowest BCUT2D eigenvalue weighted by Crippen LogP contribution is -2.15. The smallest absolute Gasteiger partial charge is 0.280 e. The lowest BCUT2D eigenvalue weighted by atomic mass is 10.1. The van der Waals surface area contributed by atoms with Gasteiger partial charge in [0.15, 0.2) is 11.5 Å². The van der Waals surface area contributed by atoms with Gasteiger partial charge in [0.1, 0.15) is 0 Å². The van der Waals surface area contributed by atoms with Crippen LogP contribution in [0.3, 0.4) is 0 Å². The Kier molecular flexibility index (Phi) is 6.19. The maximum atomic E-state index is 12.8. The standard InChI is InChI=1S/C22H18ClN3O2/c1-15-6-5-9-19(14-15)24-22(28)20(21(27)16-7-3-2-4-8-16)26-25-18-12-10-17(23)11-13-18/h2-14,27H,1H3,(H,24,28). The van der Waals surface area contributed by atoms with Crippen LogP contribution in [0.4, 0.5) is 11.4 Å². The number of benzene rings is 3. The van der Waals surface area contributed by atoms with E-state index in [4.69, 9.17) is 11.6 Å². The minimum atomic E-state index is -0.565. The summed E-state index contributed by atoms with van der Waals surface area (Å²) in [6.45, 7) is 1.92. The van der Waals surface area contributed by atoms with E-state index >= 15 is 0 Å². The second kappa shape index (κ2) is 8.97. The Labute approximate surface area is 168 Å². The van der Waals surface area contributed by atoms with Crippen LogP contribution in [0.2, 0.25) is 5.02 Å². The summed E-state index contributed by atoms with van der Waals surface area (Å²) in [5.74, 6) is -0.826. The topological polar surface area (TPSA) is 74.0 Å². The lowest BCUT2D eigenvalue weighted by molar-refractivity contribution is -0.112. The van der Waals surface area contributed by atoms with Gasteiger partial charge in [-0.1, -0.05) is 54.1 Å². The first-order valence-corrected chi connectivity index (χ1v) is 8.95. The van der Waals surface area contributed by atoms with E-state index in [0.29, 0.717) is 22.0 Å². The number of aliphatic hydroxyl groups is 1. The molecule has 0 bridgehead atoms. The number of carbonyl (C=O) groups excluding carboxylic acids is 1. The Morgan fingerprint density at radius 3 is 2.36 bits per heavy atom. The summed E-state index contributed by atoms with van der Waals surface area (Å²) in [4.78, 5) is 12.8. The van der Waals surface area contributed by atoms with E-state index in [2.05, 4.69) is 15.5 Å². The third-order valence-corrected chi connectivity index (χ3v) is 4.11. The van der Waals surface area contributed by atoms with Crippen LogP contribution in [0.15, 0.2) is 94.8 Å². The normalized spacial score (nSPS) is 11.9. The zero-order chi connectivity index (χ0) is 19.9. The summed E-state index contributed by atoms with van der Waals surface area (Å²) < 4.78 is 0. The molecule has 3 rings (SSSR count). The molecule has 0 aliphatic rings. The first-order valence-electron chi connectivity index (χ1n) is 8.57. The van der Waals surface area contributed by atoms with E-state index in [9.17, 15) is 9.90 Å². The fraction of sp³-hybridized carbons (Fsp3) is 0.0455. The Morgan fingerprint density at radius 2 is 1.68 bits per heavy atom. The molecule has 140 valence electrons. The van der Waals surface area contributed by atoms with E-state index in [0.717, 1.165) is 5.56 Å². The molecule has 3 aromatic carbocycles. The second-order valence-corrected chi connectivity index (χ2v) is 6.50. The number of aryl methyl sites for hydroxylation is 1. The van der Waals surface area contributed by atoms with E-state index in [1.165, 1.54) is 0 Å². The van der Waals surface area contributed by atoms with Crippen molar-refractivity contribution in [2.75, 3.05) is 5.32 Å². The number of nitrogens with zero attached hydrogens (tertiary/aromatic N) is 2. The van der Waals surface area contributed by atoms with Crippen molar-refractivity contribution in [1.29, 1.82) is 0 Å². The lowest BCUT2D eigenvalue weighted by Gasteiger charge is -2.08. The molecule has 28 heavy (non-hydrogen) atoms. The predicted octanol–water partition coefficient (Wildman–Crippen LogP) is 6.30. The van der Waals surface area contributed by atoms with Crippen molar-refractivity contribution in [3.63, 3.8) is 0 Å². The van der Waals surface area contributed by atoms with Gasteiger partial charge in [0, 0.05) is 16.3 Å². The quantitative estimate of drug-likeness (QED) is 0.304. The van der Waals surface area contributed by atoms with Crippen LogP contribution < -0.4 is 5.32 Å². The molecule has 5 nitrogen and oxygen atoms in total. The Hall–Kier alpha value is -3.44. The molecule has 0 aliphatic carbocycles. The molecule has 0 radical (unpaired) electrons. The second-order valence-electron chi connectivity index (χ2n) is 6.06. The minimum Gasteiger partial charge on any atom is -0.505 e. The summed E-state index contributed by atoms with van der Waals surface area (Å²) in [5.41, 5.74) is 2.38. The molecule has 0 unspecified atom stereocenters. The van der Waals surface area contributed by atoms with Crippen LogP contribution in [-0.2, 0) is 4.79 Å².